The molecule has 0 aromatic carbocycles. The fraction of sp³-hybridized carbons (Fsp3) is 0.789. The fourth-order valence-electron chi connectivity index (χ4n) is 3.50. The third-order valence-electron chi connectivity index (χ3n) is 5.94. The van der Waals surface area contributed by atoms with Crippen molar-refractivity contribution in [3.05, 3.63) is 12.2 Å². The minimum atomic E-state index is -1.99. The Balaban J connectivity index is 3.23. The van der Waals surface area contributed by atoms with Crippen molar-refractivity contribution in [2.45, 2.75) is 72.7 Å². The molecule has 1 fully saturated rings. The molecule has 1 aliphatic rings. The number of hydrogen-bond donors (Lipinski definition) is 0. The highest BCUT2D eigenvalue weighted by Gasteiger charge is 2.51. The van der Waals surface area contributed by atoms with E-state index in [0.29, 0.717) is 0 Å². The monoisotopic (exact) mass is 338 g/mol. The number of carbonyl (C=O) groups is 2. The zero-order valence-corrected chi connectivity index (χ0v) is 17.3. The van der Waals surface area contributed by atoms with E-state index in [2.05, 4.69) is 47.4 Å². The van der Waals surface area contributed by atoms with Crippen LogP contribution >= 0.6 is 0 Å². The molecule has 4 heteroatoms. The average molecular weight is 339 g/mol. The van der Waals surface area contributed by atoms with Crippen LogP contribution in [0.4, 0.5) is 0 Å². The van der Waals surface area contributed by atoms with Crippen LogP contribution in [0, 0.1) is 23.7 Å². The lowest BCUT2D eigenvalue weighted by atomic mass is 9.63. The van der Waals surface area contributed by atoms with Crippen molar-refractivity contribution in [1.82, 2.24) is 0 Å². The number of Topliss-reactive ketones (excluding diaryl/α,β-unsaturated/α-hetero) is 2. The fourth-order valence-corrected chi connectivity index (χ4v) is 4.95. The molecule has 0 bridgehead atoms. The third kappa shape index (κ3) is 3.85. The normalized spacial score (nSPS) is 32.7. The van der Waals surface area contributed by atoms with Gasteiger partial charge in [-0.25, -0.2) is 0 Å². The van der Waals surface area contributed by atoms with E-state index in [4.69, 9.17) is 4.43 Å². The van der Waals surface area contributed by atoms with Gasteiger partial charge in [0.1, 0.15) is 11.6 Å². The van der Waals surface area contributed by atoms with E-state index in [1.165, 1.54) is 6.92 Å². The van der Waals surface area contributed by atoms with Gasteiger partial charge in [0.15, 0.2) is 8.32 Å². The summed E-state index contributed by atoms with van der Waals surface area (Å²) < 4.78 is 6.61. The average Bonchev–Trinajstić information content (AvgIpc) is 2.36. The predicted molar refractivity (Wildman–Crippen MR) is 97.9 cm³/mol. The van der Waals surface area contributed by atoms with Gasteiger partial charge in [0.2, 0.25) is 0 Å². The zero-order valence-electron chi connectivity index (χ0n) is 16.3. The second kappa shape index (κ2) is 6.64. The van der Waals surface area contributed by atoms with Crippen molar-refractivity contribution in [2.24, 2.45) is 23.7 Å². The maximum Gasteiger partial charge on any atom is 0.192 e. The van der Waals surface area contributed by atoms with E-state index in [9.17, 15) is 9.59 Å². The standard InChI is InChI=1S/C19H34O3Si/c1-11(2)15-12(3)18(22-23(9,10)19(6,7)8)13(4)17(21)16(15)14(5)20/h12-13,15-16,18H,1H2,2-10H3/t12-,13+,15+,16-,18+/m0/s1. The van der Waals surface area contributed by atoms with Gasteiger partial charge in [-0.15, -0.1) is 0 Å². The van der Waals surface area contributed by atoms with Crippen molar-refractivity contribution in [1.29, 1.82) is 0 Å². The second-order valence-electron chi connectivity index (χ2n) is 8.85. The van der Waals surface area contributed by atoms with Crippen LogP contribution in [0.15, 0.2) is 12.2 Å². The molecule has 132 valence electrons. The Hall–Kier alpha value is -0.743. The van der Waals surface area contributed by atoms with E-state index >= 15 is 0 Å². The van der Waals surface area contributed by atoms with Gasteiger partial charge in [-0.1, -0.05) is 46.8 Å². The summed E-state index contributed by atoms with van der Waals surface area (Å²) in [7, 11) is -1.99. The number of ketones is 2. The summed E-state index contributed by atoms with van der Waals surface area (Å²) in [5.41, 5.74) is 0.904. The molecule has 1 rings (SSSR count). The van der Waals surface area contributed by atoms with E-state index in [-0.39, 0.29) is 40.5 Å². The summed E-state index contributed by atoms with van der Waals surface area (Å²) in [6, 6.07) is 0. The van der Waals surface area contributed by atoms with Crippen molar-refractivity contribution in [3.8, 4) is 0 Å². The Morgan fingerprint density at radius 3 is 2.00 bits per heavy atom. The van der Waals surface area contributed by atoms with Crippen LogP contribution < -0.4 is 0 Å². The summed E-state index contributed by atoms with van der Waals surface area (Å²) in [5, 5.41) is 0.0889. The van der Waals surface area contributed by atoms with Crippen molar-refractivity contribution < 1.29 is 14.0 Å². The Labute approximate surface area is 143 Å². The molecule has 5 atom stereocenters. The lowest BCUT2D eigenvalue weighted by molar-refractivity contribution is -0.145. The first-order chi connectivity index (χ1) is 10.2. The van der Waals surface area contributed by atoms with Gasteiger partial charge in [0.25, 0.3) is 0 Å². The maximum atomic E-state index is 12.8. The maximum absolute atomic E-state index is 12.8. The summed E-state index contributed by atoms with van der Waals surface area (Å²) in [6.07, 6.45) is -0.138. The molecule has 0 amide bonds. The number of hydrogen-bond acceptors (Lipinski definition) is 3. The molecule has 0 saturated heterocycles. The van der Waals surface area contributed by atoms with Gasteiger partial charge < -0.3 is 4.43 Å². The molecule has 1 saturated carbocycles. The van der Waals surface area contributed by atoms with Gasteiger partial charge in [-0.05, 0) is 37.9 Å². The highest BCUT2D eigenvalue weighted by Crippen LogP contribution is 2.45. The van der Waals surface area contributed by atoms with Gasteiger partial charge in [-0.2, -0.15) is 0 Å². The Kier molecular flexibility index (Phi) is 5.86. The number of rotatable bonds is 4. The third-order valence-corrected chi connectivity index (χ3v) is 10.4. The molecule has 3 nitrogen and oxygen atoms in total. The van der Waals surface area contributed by atoms with Crippen molar-refractivity contribution in [3.63, 3.8) is 0 Å². The summed E-state index contributed by atoms with van der Waals surface area (Å²) >= 11 is 0. The quantitative estimate of drug-likeness (QED) is 0.426. The molecule has 1 aliphatic carbocycles. The zero-order chi connectivity index (χ0) is 18.3. The number of allylic oxidation sites excluding steroid dienone is 1. The Bertz CT molecular complexity index is 501. The van der Waals surface area contributed by atoms with E-state index in [1.54, 1.807) is 0 Å². The molecule has 0 aromatic heterocycles. The molecule has 0 heterocycles. The van der Waals surface area contributed by atoms with Crippen LogP contribution in [0.2, 0.25) is 18.1 Å². The molecule has 0 spiro atoms. The molecular weight excluding hydrogens is 304 g/mol. The highest BCUT2D eigenvalue weighted by molar-refractivity contribution is 6.74. The SMILES string of the molecule is C=C(C)[C@H]1[C@H](C(C)=O)C(=O)[C@@H](C)[C@H](O[Si](C)(C)C(C)(C)C)[C@H]1C. The van der Waals surface area contributed by atoms with Gasteiger partial charge in [0, 0.05) is 11.8 Å². The molecule has 23 heavy (non-hydrogen) atoms. The van der Waals surface area contributed by atoms with Gasteiger partial charge >= 0.3 is 0 Å². The largest absolute Gasteiger partial charge is 0.413 e. The lowest BCUT2D eigenvalue weighted by Crippen LogP contribution is -2.56. The molecule has 0 aliphatic heterocycles. The molecule has 0 aromatic rings. The summed E-state index contributed by atoms with van der Waals surface area (Å²) in [6.45, 7) is 22.5. The van der Waals surface area contributed by atoms with Crippen LogP contribution in [0.3, 0.4) is 0 Å². The van der Waals surface area contributed by atoms with Gasteiger partial charge in [-0.3, -0.25) is 9.59 Å². The molecule has 0 N–H and O–H groups in total. The Morgan fingerprint density at radius 2 is 1.65 bits per heavy atom. The number of carbonyl (C=O) groups excluding carboxylic acids is 2. The summed E-state index contributed by atoms with van der Waals surface area (Å²) in [5.74, 6) is -0.839. The molecule has 0 unspecified atom stereocenters. The van der Waals surface area contributed by atoms with Crippen molar-refractivity contribution in [2.75, 3.05) is 0 Å². The van der Waals surface area contributed by atoms with E-state index in [0.717, 1.165) is 5.57 Å². The topological polar surface area (TPSA) is 43.4 Å². The smallest absolute Gasteiger partial charge is 0.192 e. The van der Waals surface area contributed by atoms with E-state index < -0.39 is 14.2 Å². The van der Waals surface area contributed by atoms with Crippen LogP contribution in [0.25, 0.3) is 0 Å². The van der Waals surface area contributed by atoms with Crippen LogP contribution in [0.5, 0.6) is 0 Å². The summed E-state index contributed by atoms with van der Waals surface area (Å²) in [4.78, 5) is 24.9. The van der Waals surface area contributed by atoms with Crippen LogP contribution in [0.1, 0.15) is 48.5 Å². The van der Waals surface area contributed by atoms with Crippen molar-refractivity contribution >= 4 is 19.9 Å². The van der Waals surface area contributed by atoms with Crippen LogP contribution in [-0.4, -0.2) is 26.0 Å². The van der Waals surface area contributed by atoms with Crippen LogP contribution in [-0.2, 0) is 14.0 Å². The van der Waals surface area contributed by atoms with E-state index in [1.807, 2.05) is 13.8 Å². The molecular formula is C19H34O3Si. The first-order valence-corrected chi connectivity index (χ1v) is 11.5. The highest BCUT2D eigenvalue weighted by atomic mass is 28.4. The predicted octanol–water partition coefficient (Wildman–Crippen LogP) is 4.63. The first kappa shape index (κ1) is 20.3. The minimum Gasteiger partial charge on any atom is -0.413 e. The van der Waals surface area contributed by atoms with Gasteiger partial charge in [0.05, 0.1) is 12.0 Å². The minimum absolute atomic E-state index is 0.0207. The Morgan fingerprint density at radius 1 is 1.17 bits per heavy atom. The molecule has 0 radical (unpaired) electrons. The second-order valence-corrected chi connectivity index (χ2v) is 13.6. The lowest BCUT2D eigenvalue weighted by Gasteiger charge is -2.48. The first-order valence-electron chi connectivity index (χ1n) is 8.59.